The van der Waals surface area contributed by atoms with Gasteiger partial charge in [-0.15, -0.1) is 0 Å². The fraction of sp³-hybridized carbons (Fsp3) is 0.136. The monoisotopic (exact) mass is 434 g/mol. The Bertz CT molecular complexity index is 1020. The molecule has 0 saturated heterocycles. The summed E-state index contributed by atoms with van der Waals surface area (Å²) < 4.78 is 49.2. The third kappa shape index (κ3) is 5.67. The Kier molecular flexibility index (Phi) is 6.84. The van der Waals surface area contributed by atoms with Gasteiger partial charge in [-0.25, -0.2) is 0 Å². The van der Waals surface area contributed by atoms with Crippen molar-refractivity contribution in [3.8, 4) is 11.5 Å². The zero-order valence-electron chi connectivity index (χ0n) is 15.9. The van der Waals surface area contributed by atoms with Crippen LogP contribution < -0.4 is 14.9 Å². The van der Waals surface area contributed by atoms with Crippen LogP contribution >= 0.6 is 11.6 Å². The molecular weight excluding hydrogens is 417 g/mol. The van der Waals surface area contributed by atoms with Crippen molar-refractivity contribution in [1.29, 1.82) is 0 Å². The standard InChI is InChI=1S/C22H18ClF3N2O2/c1-29-20-7-3-5-16(21(20)30-14-15-4-2-6-18(23)12-15)13-27-28-19-10-8-17(9-11-19)22(24,25)26/h2-13,28H,14H2,1H3. The van der Waals surface area contributed by atoms with Crippen LogP contribution in [0.2, 0.25) is 5.02 Å². The summed E-state index contributed by atoms with van der Waals surface area (Å²) in [5.41, 5.74) is 3.93. The molecule has 0 unspecified atom stereocenters. The fourth-order valence-electron chi connectivity index (χ4n) is 2.64. The lowest BCUT2D eigenvalue weighted by Crippen LogP contribution is -2.04. The molecule has 0 heterocycles. The molecule has 0 fully saturated rings. The number of nitrogens with one attached hydrogen (secondary N) is 1. The van der Waals surface area contributed by atoms with Crippen molar-refractivity contribution in [3.63, 3.8) is 0 Å². The molecule has 156 valence electrons. The van der Waals surface area contributed by atoms with Crippen molar-refractivity contribution in [2.45, 2.75) is 12.8 Å². The number of hydrogen-bond donors (Lipinski definition) is 1. The minimum absolute atomic E-state index is 0.272. The average Bonchev–Trinajstić information content (AvgIpc) is 2.72. The lowest BCUT2D eigenvalue weighted by Gasteiger charge is -2.13. The zero-order chi connectivity index (χ0) is 21.6. The van der Waals surface area contributed by atoms with Gasteiger partial charge in [-0.1, -0.05) is 29.8 Å². The number of benzene rings is 3. The molecule has 3 aromatic rings. The van der Waals surface area contributed by atoms with E-state index >= 15 is 0 Å². The summed E-state index contributed by atoms with van der Waals surface area (Å²) in [6.45, 7) is 0.272. The molecule has 0 saturated carbocycles. The van der Waals surface area contributed by atoms with Crippen LogP contribution in [0, 0.1) is 0 Å². The van der Waals surface area contributed by atoms with E-state index in [-0.39, 0.29) is 6.61 Å². The van der Waals surface area contributed by atoms with Gasteiger partial charge in [0, 0.05) is 10.6 Å². The lowest BCUT2D eigenvalue weighted by molar-refractivity contribution is -0.137. The highest BCUT2D eigenvalue weighted by molar-refractivity contribution is 6.30. The second kappa shape index (κ2) is 9.54. The maximum absolute atomic E-state index is 12.6. The van der Waals surface area contributed by atoms with Crippen LogP contribution in [0.5, 0.6) is 11.5 Å². The van der Waals surface area contributed by atoms with Gasteiger partial charge >= 0.3 is 6.18 Å². The third-order valence-electron chi connectivity index (χ3n) is 4.11. The molecule has 0 atom stereocenters. The van der Waals surface area contributed by atoms with E-state index in [4.69, 9.17) is 21.1 Å². The van der Waals surface area contributed by atoms with E-state index in [1.807, 2.05) is 12.1 Å². The Hall–Kier alpha value is -3.19. The van der Waals surface area contributed by atoms with Crippen molar-refractivity contribution in [2.75, 3.05) is 12.5 Å². The normalized spacial score (nSPS) is 11.5. The molecule has 1 N–H and O–H groups in total. The van der Waals surface area contributed by atoms with Gasteiger partial charge in [0.15, 0.2) is 11.5 Å². The molecule has 3 aromatic carbocycles. The number of anilines is 1. The molecule has 0 bridgehead atoms. The molecule has 0 aliphatic carbocycles. The van der Waals surface area contributed by atoms with Crippen LogP contribution in [0.3, 0.4) is 0 Å². The second-order valence-electron chi connectivity index (χ2n) is 6.24. The summed E-state index contributed by atoms with van der Waals surface area (Å²) in [6.07, 6.45) is -2.87. The number of alkyl halides is 3. The minimum Gasteiger partial charge on any atom is -0.493 e. The number of nitrogens with zero attached hydrogens (tertiary/aromatic N) is 1. The Morgan fingerprint density at radius 3 is 2.43 bits per heavy atom. The highest BCUT2D eigenvalue weighted by atomic mass is 35.5. The number of halogens is 4. The van der Waals surface area contributed by atoms with E-state index in [1.165, 1.54) is 25.5 Å². The van der Waals surface area contributed by atoms with Crippen LogP contribution in [-0.2, 0) is 12.8 Å². The summed E-state index contributed by atoms with van der Waals surface area (Å²) in [5.74, 6) is 1.01. The molecule has 0 aromatic heterocycles. The Balaban J connectivity index is 1.73. The number of rotatable bonds is 7. The summed E-state index contributed by atoms with van der Waals surface area (Å²) in [4.78, 5) is 0. The van der Waals surface area contributed by atoms with Crippen LogP contribution in [0.15, 0.2) is 71.8 Å². The van der Waals surface area contributed by atoms with Crippen LogP contribution in [-0.4, -0.2) is 13.3 Å². The van der Waals surface area contributed by atoms with Gasteiger partial charge in [-0.3, -0.25) is 5.43 Å². The molecule has 0 aliphatic heterocycles. The number of hydrazone groups is 1. The van der Waals surface area contributed by atoms with Crippen molar-refractivity contribution in [1.82, 2.24) is 0 Å². The first-order valence-corrected chi connectivity index (χ1v) is 9.25. The number of ether oxygens (including phenoxy) is 2. The predicted molar refractivity (Wildman–Crippen MR) is 111 cm³/mol. The van der Waals surface area contributed by atoms with Crippen LogP contribution in [0.1, 0.15) is 16.7 Å². The van der Waals surface area contributed by atoms with E-state index in [0.29, 0.717) is 27.8 Å². The van der Waals surface area contributed by atoms with E-state index < -0.39 is 11.7 Å². The van der Waals surface area contributed by atoms with Gasteiger partial charge in [0.05, 0.1) is 24.6 Å². The first-order chi connectivity index (χ1) is 14.4. The van der Waals surface area contributed by atoms with Crippen molar-refractivity contribution < 1.29 is 22.6 Å². The number of methoxy groups -OCH3 is 1. The summed E-state index contributed by atoms with van der Waals surface area (Å²) in [5, 5.41) is 4.71. The molecule has 0 radical (unpaired) electrons. The van der Waals surface area contributed by atoms with E-state index in [9.17, 15) is 13.2 Å². The SMILES string of the molecule is COc1cccc(C=NNc2ccc(C(F)(F)F)cc2)c1OCc1cccc(Cl)c1. The number of para-hydroxylation sites is 1. The molecular formula is C22H18ClF3N2O2. The smallest absolute Gasteiger partial charge is 0.416 e. The molecule has 30 heavy (non-hydrogen) atoms. The number of hydrogen-bond acceptors (Lipinski definition) is 4. The first kappa shape index (κ1) is 21.5. The van der Waals surface area contributed by atoms with E-state index in [2.05, 4.69) is 10.5 Å². The van der Waals surface area contributed by atoms with E-state index in [1.54, 1.807) is 30.3 Å². The maximum atomic E-state index is 12.6. The Morgan fingerprint density at radius 1 is 1.03 bits per heavy atom. The van der Waals surface area contributed by atoms with Crippen LogP contribution in [0.25, 0.3) is 0 Å². The van der Waals surface area contributed by atoms with Gasteiger partial charge in [0.1, 0.15) is 6.61 Å². The maximum Gasteiger partial charge on any atom is 0.416 e. The van der Waals surface area contributed by atoms with Crippen LogP contribution in [0.4, 0.5) is 18.9 Å². The van der Waals surface area contributed by atoms with Crippen molar-refractivity contribution >= 4 is 23.5 Å². The van der Waals surface area contributed by atoms with Crippen molar-refractivity contribution in [3.05, 3.63) is 88.4 Å². The minimum atomic E-state index is -4.38. The highest BCUT2D eigenvalue weighted by Gasteiger charge is 2.29. The van der Waals surface area contributed by atoms with Gasteiger partial charge < -0.3 is 9.47 Å². The molecule has 0 aliphatic rings. The Labute approximate surface area is 176 Å². The van der Waals surface area contributed by atoms with Crippen molar-refractivity contribution in [2.24, 2.45) is 5.10 Å². The largest absolute Gasteiger partial charge is 0.493 e. The fourth-order valence-corrected chi connectivity index (χ4v) is 2.85. The summed E-state index contributed by atoms with van der Waals surface area (Å²) >= 11 is 6.01. The third-order valence-corrected chi connectivity index (χ3v) is 4.35. The molecule has 4 nitrogen and oxygen atoms in total. The van der Waals surface area contributed by atoms with Gasteiger partial charge in [0.2, 0.25) is 0 Å². The second-order valence-corrected chi connectivity index (χ2v) is 6.68. The summed E-state index contributed by atoms with van der Waals surface area (Å²) in [7, 11) is 1.53. The topological polar surface area (TPSA) is 42.8 Å². The molecule has 3 rings (SSSR count). The zero-order valence-corrected chi connectivity index (χ0v) is 16.7. The first-order valence-electron chi connectivity index (χ1n) is 8.87. The molecule has 0 spiro atoms. The summed E-state index contributed by atoms with van der Waals surface area (Å²) in [6, 6.07) is 17.2. The van der Waals surface area contributed by atoms with Gasteiger partial charge in [-0.2, -0.15) is 18.3 Å². The quantitative estimate of drug-likeness (QED) is 0.346. The highest BCUT2D eigenvalue weighted by Crippen LogP contribution is 2.32. The van der Waals surface area contributed by atoms with Gasteiger partial charge in [0.25, 0.3) is 0 Å². The van der Waals surface area contributed by atoms with Gasteiger partial charge in [-0.05, 0) is 54.1 Å². The molecule has 0 amide bonds. The lowest BCUT2D eigenvalue weighted by atomic mass is 10.2. The molecule has 8 heteroatoms. The average molecular weight is 435 g/mol. The van der Waals surface area contributed by atoms with E-state index in [0.717, 1.165) is 17.7 Å². The predicted octanol–water partition coefficient (Wildman–Crippen LogP) is 6.39. The Morgan fingerprint density at radius 2 is 1.77 bits per heavy atom.